The fourth-order valence-electron chi connectivity index (χ4n) is 7.21. The molecule has 3 aromatic carbocycles. The lowest BCUT2D eigenvalue weighted by Crippen LogP contribution is -2.12. The van der Waals surface area contributed by atoms with Gasteiger partial charge in [-0.05, 0) is 67.0 Å². The molecule has 0 bridgehead atoms. The minimum Gasteiger partial charge on any atom is -0.478 e. The number of aromatic carboxylic acids is 1. The van der Waals surface area contributed by atoms with Crippen LogP contribution in [0.15, 0.2) is 65.5 Å². The molecule has 0 unspecified atom stereocenters. The summed E-state index contributed by atoms with van der Waals surface area (Å²) in [6.45, 7) is 7.36. The van der Waals surface area contributed by atoms with Gasteiger partial charge < -0.3 is 9.67 Å². The fourth-order valence-corrected chi connectivity index (χ4v) is 7.21. The Morgan fingerprint density at radius 2 is 1.18 bits per heavy atom. The van der Waals surface area contributed by atoms with Crippen LogP contribution in [0.2, 0.25) is 0 Å². The number of carbonyl (C=O) groups is 1. The zero-order valence-electron chi connectivity index (χ0n) is 31.3. The number of hydrogen-bond acceptors (Lipinski definition) is 3. The molecular weight excluding hydrogens is 617 g/mol. The number of benzene rings is 2. The predicted octanol–water partition coefficient (Wildman–Crippen LogP) is 12.1. The fraction of sp³-hybridized carbons (Fsp3) is 0.533. The van der Waals surface area contributed by atoms with Gasteiger partial charge >= 0.3 is 5.97 Å². The van der Waals surface area contributed by atoms with Crippen LogP contribution < -0.4 is 5.43 Å². The standard InChI is InChI=1S/C45H62N2O3/c1-4-7-9-11-13-15-17-19-24-37-32-41-42(33-38(44(37)48)25-20-18-16-14-12-10-8-5-2)47(43(46-41)23-6-3)34-35-28-30-36(31-29-35)39-26-21-22-27-40(39)45(49)50/h21-22,26-33H,4-20,23-25,34H2,1-3H3,(H,49,50). The van der Waals surface area contributed by atoms with Crippen LogP contribution in [0.3, 0.4) is 0 Å². The highest BCUT2D eigenvalue weighted by molar-refractivity contribution is 5.96. The summed E-state index contributed by atoms with van der Waals surface area (Å²) in [6.07, 6.45) is 23.5. The molecule has 50 heavy (non-hydrogen) atoms. The van der Waals surface area contributed by atoms with E-state index in [0.717, 1.165) is 83.2 Å². The first-order valence-electron chi connectivity index (χ1n) is 19.9. The van der Waals surface area contributed by atoms with E-state index < -0.39 is 5.97 Å². The molecule has 4 rings (SSSR count). The summed E-state index contributed by atoms with van der Waals surface area (Å²) in [6, 6.07) is 19.6. The highest BCUT2D eigenvalue weighted by Crippen LogP contribution is 2.26. The van der Waals surface area contributed by atoms with Gasteiger partial charge in [0.2, 0.25) is 0 Å². The van der Waals surface area contributed by atoms with Gasteiger partial charge in [0, 0.05) is 24.1 Å². The summed E-state index contributed by atoms with van der Waals surface area (Å²) < 4.78 is 2.32. The zero-order valence-corrected chi connectivity index (χ0v) is 31.3. The number of nitrogens with zero attached hydrogens (tertiary/aromatic N) is 2. The highest BCUT2D eigenvalue weighted by atomic mass is 16.4. The molecule has 0 spiro atoms. The molecule has 0 amide bonds. The Kier molecular flexibility index (Phi) is 16.8. The maximum atomic E-state index is 14.1. The van der Waals surface area contributed by atoms with E-state index in [0.29, 0.717) is 12.1 Å². The lowest BCUT2D eigenvalue weighted by Gasteiger charge is -2.11. The molecule has 1 heterocycles. The van der Waals surface area contributed by atoms with Crippen molar-refractivity contribution in [1.82, 2.24) is 9.55 Å². The van der Waals surface area contributed by atoms with Gasteiger partial charge in [-0.3, -0.25) is 4.79 Å². The van der Waals surface area contributed by atoms with E-state index in [4.69, 9.17) is 4.98 Å². The lowest BCUT2D eigenvalue weighted by atomic mass is 9.99. The van der Waals surface area contributed by atoms with Crippen molar-refractivity contribution in [3.05, 3.63) is 99.0 Å². The van der Waals surface area contributed by atoms with Crippen molar-refractivity contribution < 1.29 is 9.90 Å². The van der Waals surface area contributed by atoms with Gasteiger partial charge in [0.05, 0.1) is 16.6 Å². The third kappa shape index (κ3) is 11.7. The number of imidazole rings is 1. The molecule has 5 nitrogen and oxygen atoms in total. The summed E-state index contributed by atoms with van der Waals surface area (Å²) in [5.41, 5.74) is 7.08. The number of rotatable bonds is 24. The third-order valence-corrected chi connectivity index (χ3v) is 10.2. The van der Waals surface area contributed by atoms with Gasteiger partial charge in [0.1, 0.15) is 5.82 Å². The van der Waals surface area contributed by atoms with E-state index in [1.165, 1.54) is 89.9 Å². The molecule has 0 fully saturated rings. The normalized spacial score (nSPS) is 11.4. The molecule has 0 saturated carbocycles. The van der Waals surface area contributed by atoms with Crippen LogP contribution >= 0.6 is 0 Å². The average molecular weight is 679 g/mol. The Morgan fingerprint density at radius 3 is 1.74 bits per heavy atom. The maximum absolute atomic E-state index is 14.1. The Labute approximate surface area is 301 Å². The first kappa shape index (κ1) is 39.1. The van der Waals surface area contributed by atoms with Crippen molar-refractivity contribution in [2.75, 3.05) is 0 Å². The SMILES string of the molecule is CCCCCCCCCCc1cc2nc(CCC)n(Cc3ccc(-c4ccccc4C(=O)O)cc3)c2cc(CCCCCCCCCC)c1=O. The largest absolute Gasteiger partial charge is 0.478 e. The Bertz CT molecular complexity index is 1670. The van der Waals surface area contributed by atoms with E-state index in [-0.39, 0.29) is 5.43 Å². The van der Waals surface area contributed by atoms with Gasteiger partial charge in [-0.1, -0.05) is 153 Å². The number of unbranched alkanes of at least 4 members (excludes halogenated alkanes) is 14. The zero-order chi connectivity index (χ0) is 35.6. The van der Waals surface area contributed by atoms with Crippen molar-refractivity contribution in [2.24, 2.45) is 0 Å². The van der Waals surface area contributed by atoms with Crippen LogP contribution in [-0.4, -0.2) is 20.6 Å². The smallest absolute Gasteiger partial charge is 0.336 e. The first-order valence-corrected chi connectivity index (χ1v) is 19.9. The van der Waals surface area contributed by atoms with Crippen LogP contribution in [0.25, 0.3) is 22.2 Å². The molecule has 5 heteroatoms. The molecule has 0 atom stereocenters. The topological polar surface area (TPSA) is 72.2 Å². The number of fused-ring (bicyclic) bond motifs is 1. The number of carboxylic acids is 1. The second kappa shape index (κ2) is 21.5. The summed E-state index contributed by atoms with van der Waals surface area (Å²) in [4.78, 5) is 31.1. The van der Waals surface area contributed by atoms with Crippen molar-refractivity contribution in [2.45, 2.75) is 156 Å². The van der Waals surface area contributed by atoms with Gasteiger partial charge in [-0.25, -0.2) is 9.78 Å². The molecule has 1 aromatic heterocycles. The maximum Gasteiger partial charge on any atom is 0.336 e. The van der Waals surface area contributed by atoms with E-state index >= 15 is 0 Å². The molecule has 1 N–H and O–H groups in total. The van der Waals surface area contributed by atoms with Crippen LogP contribution in [0.4, 0.5) is 0 Å². The lowest BCUT2D eigenvalue weighted by molar-refractivity contribution is 0.0697. The summed E-state index contributed by atoms with van der Waals surface area (Å²) in [7, 11) is 0. The second-order valence-corrected chi connectivity index (χ2v) is 14.3. The monoisotopic (exact) mass is 678 g/mol. The van der Waals surface area contributed by atoms with Gasteiger partial charge in [-0.2, -0.15) is 0 Å². The highest BCUT2D eigenvalue weighted by Gasteiger charge is 2.16. The molecule has 0 aliphatic heterocycles. The summed E-state index contributed by atoms with van der Waals surface area (Å²) in [5.74, 6) is 0.131. The Morgan fingerprint density at radius 1 is 0.640 bits per heavy atom. The minimum absolute atomic E-state index is 0.221. The van der Waals surface area contributed by atoms with Crippen LogP contribution in [-0.2, 0) is 25.8 Å². The summed E-state index contributed by atoms with van der Waals surface area (Å²) in [5, 5.41) is 9.71. The molecule has 0 aliphatic rings. The predicted molar refractivity (Wildman–Crippen MR) is 211 cm³/mol. The number of aryl methyl sites for hydroxylation is 3. The van der Waals surface area contributed by atoms with Crippen molar-refractivity contribution in [1.29, 1.82) is 0 Å². The minimum atomic E-state index is -0.922. The molecule has 270 valence electrons. The van der Waals surface area contributed by atoms with Crippen LogP contribution in [0, 0.1) is 0 Å². The quantitative estimate of drug-likeness (QED) is 0.0749. The first-order chi connectivity index (χ1) is 24.5. The molecule has 0 saturated heterocycles. The Hall–Kier alpha value is -3.73. The average Bonchev–Trinajstić information content (AvgIpc) is 3.36. The van der Waals surface area contributed by atoms with Crippen molar-refractivity contribution in [3.63, 3.8) is 0 Å². The van der Waals surface area contributed by atoms with Crippen LogP contribution in [0.5, 0.6) is 0 Å². The van der Waals surface area contributed by atoms with Gasteiger partial charge in [0.15, 0.2) is 5.43 Å². The van der Waals surface area contributed by atoms with E-state index in [9.17, 15) is 14.7 Å². The molecule has 4 aromatic rings. The van der Waals surface area contributed by atoms with Crippen molar-refractivity contribution in [3.8, 4) is 11.1 Å². The van der Waals surface area contributed by atoms with Crippen LogP contribution in [0.1, 0.15) is 163 Å². The molecule has 0 aliphatic carbocycles. The summed E-state index contributed by atoms with van der Waals surface area (Å²) >= 11 is 0. The Balaban J connectivity index is 1.60. The van der Waals surface area contributed by atoms with Crippen molar-refractivity contribution >= 4 is 17.0 Å². The number of aromatic nitrogens is 2. The van der Waals surface area contributed by atoms with E-state index in [1.807, 2.05) is 24.3 Å². The molecule has 0 radical (unpaired) electrons. The van der Waals surface area contributed by atoms with E-state index in [1.54, 1.807) is 12.1 Å². The van der Waals surface area contributed by atoms with Gasteiger partial charge in [-0.15, -0.1) is 0 Å². The second-order valence-electron chi connectivity index (χ2n) is 14.3. The third-order valence-electron chi connectivity index (χ3n) is 10.2. The number of carboxylic acid groups (broad SMARTS) is 1. The molecular formula is C45H62N2O3. The van der Waals surface area contributed by atoms with Gasteiger partial charge in [0.25, 0.3) is 0 Å². The van der Waals surface area contributed by atoms with E-state index in [2.05, 4.69) is 49.6 Å². The number of hydrogen-bond donors (Lipinski definition) is 1.